The van der Waals surface area contributed by atoms with Gasteiger partial charge in [0.2, 0.25) is 5.91 Å². The van der Waals surface area contributed by atoms with Gasteiger partial charge in [-0.2, -0.15) is 0 Å². The molecular weight excluding hydrogens is 238 g/mol. The van der Waals surface area contributed by atoms with Crippen LogP contribution in [0.15, 0.2) is 12.1 Å². The van der Waals surface area contributed by atoms with Crippen molar-refractivity contribution in [1.29, 1.82) is 0 Å². The van der Waals surface area contributed by atoms with Gasteiger partial charge in [0.1, 0.15) is 11.6 Å². The van der Waals surface area contributed by atoms with Crippen molar-refractivity contribution in [2.24, 2.45) is 11.7 Å². The number of rotatable bonds is 4. The molecule has 0 aliphatic carbocycles. The Morgan fingerprint density at radius 2 is 2.00 bits per heavy atom. The Kier molecular flexibility index (Phi) is 4.78. The van der Waals surface area contributed by atoms with E-state index in [1.165, 1.54) is 6.92 Å². The molecule has 0 saturated carbocycles. The van der Waals surface area contributed by atoms with Gasteiger partial charge in [0.25, 0.3) is 0 Å². The van der Waals surface area contributed by atoms with E-state index in [1.807, 2.05) is 13.8 Å². The zero-order chi connectivity index (χ0) is 13.9. The number of halogens is 2. The smallest absolute Gasteiger partial charge is 0.241 e. The van der Waals surface area contributed by atoms with Crippen molar-refractivity contribution in [3.05, 3.63) is 29.3 Å². The minimum Gasteiger partial charge on any atom is -0.322 e. The molecule has 1 aromatic rings. The molecule has 0 radical (unpaired) electrons. The van der Waals surface area contributed by atoms with Crippen LogP contribution in [-0.4, -0.2) is 11.9 Å². The second kappa shape index (κ2) is 5.91. The van der Waals surface area contributed by atoms with Crippen LogP contribution in [-0.2, 0) is 4.79 Å². The highest BCUT2D eigenvalue weighted by Gasteiger charge is 2.20. The molecule has 3 N–H and O–H groups in total. The average Bonchev–Trinajstić information content (AvgIpc) is 2.33. The Morgan fingerprint density at radius 1 is 1.39 bits per heavy atom. The summed E-state index contributed by atoms with van der Waals surface area (Å²) in [5.74, 6) is -1.77. The van der Waals surface area contributed by atoms with Gasteiger partial charge in [-0.15, -0.1) is 0 Å². The Bertz CT molecular complexity index is 449. The van der Waals surface area contributed by atoms with Gasteiger partial charge < -0.3 is 11.1 Å². The zero-order valence-electron chi connectivity index (χ0n) is 10.8. The van der Waals surface area contributed by atoms with Crippen molar-refractivity contribution in [3.8, 4) is 0 Å². The highest BCUT2D eigenvalue weighted by Crippen LogP contribution is 2.19. The normalized spacial score (nSPS) is 14.1. The third kappa shape index (κ3) is 3.26. The van der Waals surface area contributed by atoms with E-state index in [4.69, 9.17) is 5.73 Å². The lowest BCUT2D eigenvalue weighted by molar-refractivity contribution is -0.118. The maximum Gasteiger partial charge on any atom is 0.241 e. The van der Waals surface area contributed by atoms with E-state index in [0.717, 1.165) is 18.6 Å². The maximum atomic E-state index is 13.5. The number of amides is 1. The number of nitrogens with one attached hydrogen (secondary N) is 1. The molecule has 0 aliphatic rings. The SMILES string of the molecule is CC[C@H](C)[C@H](N)C(=O)Nc1cc(F)c(C)cc1F. The molecule has 1 rings (SSSR count). The molecule has 0 aromatic heterocycles. The Morgan fingerprint density at radius 3 is 2.56 bits per heavy atom. The van der Waals surface area contributed by atoms with Crippen molar-refractivity contribution in [2.45, 2.75) is 33.2 Å². The summed E-state index contributed by atoms with van der Waals surface area (Å²) in [6, 6.07) is 1.27. The number of hydrogen-bond acceptors (Lipinski definition) is 2. The zero-order valence-corrected chi connectivity index (χ0v) is 10.8. The molecule has 3 nitrogen and oxygen atoms in total. The molecule has 0 heterocycles. The van der Waals surface area contributed by atoms with Crippen LogP contribution in [0.4, 0.5) is 14.5 Å². The maximum absolute atomic E-state index is 13.5. The van der Waals surface area contributed by atoms with E-state index in [-0.39, 0.29) is 17.2 Å². The highest BCUT2D eigenvalue weighted by molar-refractivity contribution is 5.95. The summed E-state index contributed by atoms with van der Waals surface area (Å²) < 4.78 is 26.8. The topological polar surface area (TPSA) is 55.1 Å². The highest BCUT2D eigenvalue weighted by atomic mass is 19.1. The molecule has 1 amide bonds. The average molecular weight is 256 g/mol. The van der Waals surface area contributed by atoms with Gasteiger partial charge in [-0.05, 0) is 24.5 Å². The summed E-state index contributed by atoms with van der Waals surface area (Å²) in [5.41, 5.74) is 5.72. The number of benzene rings is 1. The Labute approximate surface area is 105 Å². The predicted octanol–water partition coefficient (Wildman–Crippen LogP) is 2.59. The molecule has 0 unspecified atom stereocenters. The van der Waals surface area contributed by atoms with Gasteiger partial charge in [0, 0.05) is 6.07 Å². The summed E-state index contributed by atoms with van der Waals surface area (Å²) in [6.45, 7) is 5.19. The number of carbonyl (C=O) groups is 1. The minimum absolute atomic E-state index is 0.0247. The van der Waals surface area contributed by atoms with E-state index in [2.05, 4.69) is 5.32 Å². The largest absolute Gasteiger partial charge is 0.322 e. The molecule has 1 aromatic carbocycles. The summed E-state index contributed by atoms with van der Waals surface area (Å²) in [5, 5.41) is 2.31. The van der Waals surface area contributed by atoms with Crippen LogP contribution in [0, 0.1) is 24.5 Å². The molecule has 0 saturated heterocycles. The van der Waals surface area contributed by atoms with Gasteiger partial charge in [0.15, 0.2) is 0 Å². The number of carbonyl (C=O) groups excluding carboxylic acids is 1. The van der Waals surface area contributed by atoms with Crippen LogP contribution >= 0.6 is 0 Å². The molecule has 0 bridgehead atoms. The first kappa shape index (κ1) is 14.6. The summed E-state index contributed by atoms with van der Waals surface area (Å²) in [4.78, 5) is 11.7. The molecular formula is C13H18F2N2O. The first-order valence-corrected chi connectivity index (χ1v) is 5.88. The minimum atomic E-state index is -0.737. The standard InChI is InChI=1S/C13H18F2N2O/c1-4-7(2)12(16)13(18)17-11-6-9(14)8(3)5-10(11)15/h5-7,12H,4,16H2,1-3H3,(H,17,18)/t7-,12-/m0/s1. The van der Waals surface area contributed by atoms with Crippen molar-refractivity contribution in [3.63, 3.8) is 0 Å². The fourth-order valence-corrected chi connectivity index (χ4v) is 1.47. The lowest BCUT2D eigenvalue weighted by atomic mass is 9.99. The third-order valence-electron chi connectivity index (χ3n) is 3.07. The van der Waals surface area contributed by atoms with Crippen molar-refractivity contribution >= 4 is 11.6 Å². The van der Waals surface area contributed by atoms with Gasteiger partial charge in [-0.3, -0.25) is 4.79 Å². The van der Waals surface area contributed by atoms with Gasteiger partial charge in [-0.25, -0.2) is 8.78 Å². The molecule has 0 aliphatic heterocycles. The van der Waals surface area contributed by atoms with Crippen molar-refractivity contribution in [2.75, 3.05) is 5.32 Å². The summed E-state index contributed by atoms with van der Waals surface area (Å²) in [6.07, 6.45) is 0.735. The summed E-state index contributed by atoms with van der Waals surface area (Å²) in [7, 11) is 0. The second-order valence-corrected chi connectivity index (χ2v) is 4.48. The van der Waals surface area contributed by atoms with Crippen LogP contribution in [0.5, 0.6) is 0 Å². The lowest BCUT2D eigenvalue weighted by Crippen LogP contribution is -2.40. The molecule has 100 valence electrons. The van der Waals surface area contributed by atoms with E-state index >= 15 is 0 Å². The number of nitrogens with two attached hydrogens (primary N) is 1. The van der Waals surface area contributed by atoms with Crippen LogP contribution in [0.2, 0.25) is 0 Å². The third-order valence-corrected chi connectivity index (χ3v) is 3.07. The first-order valence-electron chi connectivity index (χ1n) is 5.88. The second-order valence-electron chi connectivity index (χ2n) is 4.48. The van der Waals surface area contributed by atoms with Crippen molar-refractivity contribution in [1.82, 2.24) is 0 Å². The molecule has 5 heteroatoms. The fourth-order valence-electron chi connectivity index (χ4n) is 1.47. The van der Waals surface area contributed by atoms with Crippen LogP contribution in [0.3, 0.4) is 0 Å². The van der Waals surface area contributed by atoms with Crippen LogP contribution < -0.4 is 11.1 Å². The van der Waals surface area contributed by atoms with Crippen molar-refractivity contribution < 1.29 is 13.6 Å². The number of hydrogen-bond donors (Lipinski definition) is 2. The quantitative estimate of drug-likeness (QED) is 0.870. The lowest BCUT2D eigenvalue weighted by Gasteiger charge is -2.18. The first-order chi connectivity index (χ1) is 8.36. The molecule has 18 heavy (non-hydrogen) atoms. The predicted molar refractivity (Wildman–Crippen MR) is 67.2 cm³/mol. The monoisotopic (exact) mass is 256 g/mol. The molecule has 0 fully saturated rings. The van der Waals surface area contributed by atoms with Gasteiger partial charge in [-0.1, -0.05) is 20.3 Å². The fraction of sp³-hybridized carbons (Fsp3) is 0.462. The summed E-state index contributed by atoms with van der Waals surface area (Å²) >= 11 is 0. The Hall–Kier alpha value is -1.49. The number of anilines is 1. The molecule has 0 spiro atoms. The van der Waals surface area contributed by atoms with E-state index in [9.17, 15) is 13.6 Å². The number of aryl methyl sites for hydroxylation is 1. The van der Waals surface area contributed by atoms with Gasteiger partial charge in [0.05, 0.1) is 11.7 Å². The van der Waals surface area contributed by atoms with Crippen LogP contribution in [0.1, 0.15) is 25.8 Å². The van der Waals surface area contributed by atoms with E-state index in [1.54, 1.807) is 0 Å². The van der Waals surface area contributed by atoms with Crippen LogP contribution in [0.25, 0.3) is 0 Å². The van der Waals surface area contributed by atoms with E-state index < -0.39 is 23.6 Å². The van der Waals surface area contributed by atoms with E-state index in [0.29, 0.717) is 0 Å². The van der Waals surface area contributed by atoms with Gasteiger partial charge >= 0.3 is 0 Å². The molecule has 2 atom stereocenters. The Balaban J connectivity index is 2.85.